The average Bonchev–Trinajstić information content (AvgIpc) is 3.10. The van der Waals surface area contributed by atoms with Gasteiger partial charge in [-0.25, -0.2) is 0 Å². The molecule has 0 saturated carbocycles. The van der Waals surface area contributed by atoms with Gasteiger partial charge in [-0.3, -0.25) is 9.79 Å². The Morgan fingerprint density at radius 3 is 2.87 bits per heavy atom. The van der Waals surface area contributed by atoms with Crippen LogP contribution >= 0.6 is 0 Å². The van der Waals surface area contributed by atoms with E-state index in [2.05, 4.69) is 33.8 Å². The lowest BCUT2D eigenvalue weighted by Gasteiger charge is -2.29. The Hall–Kier alpha value is -2.30. The second kappa shape index (κ2) is 7.31. The number of rotatable bonds is 3. The normalized spacial score (nSPS) is 18.0. The summed E-state index contributed by atoms with van der Waals surface area (Å²) in [6.07, 6.45) is 8.42. The molecule has 1 aliphatic carbocycles. The Morgan fingerprint density at radius 1 is 1.30 bits per heavy atom. The molecular weight excluding hydrogens is 288 g/mol. The van der Waals surface area contributed by atoms with Gasteiger partial charge in [0.25, 0.3) is 0 Å². The van der Waals surface area contributed by atoms with Crippen LogP contribution in [0.3, 0.4) is 0 Å². The van der Waals surface area contributed by atoms with E-state index in [0.717, 1.165) is 37.9 Å². The summed E-state index contributed by atoms with van der Waals surface area (Å²) in [4.78, 5) is 18.7. The molecule has 0 unspecified atom stereocenters. The van der Waals surface area contributed by atoms with Crippen molar-refractivity contribution in [2.75, 3.05) is 25.0 Å². The van der Waals surface area contributed by atoms with Gasteiger partial charge in [-0.2, -0.15) is 0 Å². The number of hydrogen-bond acceptors (Lipinski definition) is 2. The van der Waals surface area contributed by atoms with Crippen LogP contribution in [-0.4, -0.2) is 38.0 Å². The van der Waals surface area contributed by atoms with Gasteiger partial charge in [0.15, 0.2) is 5.96 Å². The quantitative estimate of drug-likeness (QED) is 0.509. The van der Waals surface area contributed by atoms with Crippen LogP contribution in [0.4, 0.5) is 5.69 Å². The molecule has 0 aromatic heterocycles. The second-order valence-electron chi connectivity index (χ2n) is 5.99. The number of benzene rings is 1. The maximum absolute atomic E-state index is 12.6. The number of para-hydroxylation sites is 1. The van der Waals surface area contributed by atoms with Crippen molar-refractivity contribution in [3.05, 3.63) is 42.0 Å². The number of guanidine groups is 1. The lowest BCUT2D eigenvalue weighted by atomic mass is 10.0. The van der Waals surface area contributed by atoms with Gasteiger partial charge in [-0.1, -0.05) is 30.4 Å². The van der Waals surface area contributed by atoms with E-state index in [4.69, 9.17) is 0 Å². The molecule has 2 N–H and O–H groups in total. The van der Waals surface area contributed by atoms with Crippen LogP contribution in [-0.2, 0) is 11.2 Å². The molecule has 3 rings (SSSR count). The predicted molar refractivity (Wildman–Crippen MR) is 93.8 cm³/mol. The molecule has 5 nitrogen and oxygen atoms in total. The number of carbonyl (C=O) groups is 1. The van der Waals surface area contributed by atoms with E-state index in [1.807, 2.05) is 23.1 Å². The summed E-state index contributed by atoms with van der Waals surface area (Å²) in [7, 11) is 1.73. The summed E-state index contributed by atoms with van der Waals surface area (Å²) in [5.74, 6) is 0.780. The predicted octanol–water partition coefficient (Wildman–Crippen LogP) is 1.85. The van der Waals surface area contributed by atoms with Crippen molar-refractivity contribution >= 4 is 17.6 Å². The monoisotopic (exact) mass is 312 g/mol. The van der Waals surface area contributed by atoms with Gasteiger partial charge in [0.2, 0.25) is 5.91 Å². The minimum atomic E-state index is 0.0876. The Kier molecular flexibility index (Phi) is 4.95. The number of hydrogen-bond donors (Lipinski definition) is 2. The van der Waals surface area contributed by atoms with Crippen molar-refractivity contribution in [1.82, 2.24) is 10.6 Å². The van der Waals surface area contributed by atoms with Gasteiger partial charge in [0.1, 0.15) is 0 Å². The van der Waals surface area contributed by atoms with Crippen LogP contribution < -0.4 is 15.5 Å². The molecule has 1 aromatic rings. The highest BCUT2D eigenvalue weighted by molar-refractivity contribution is 5.98. The van der Waals surface area contributed by atoms with Crippen molar-refractivity contribution in [2.45, 2.75) is 31.7 Å². The highest BCUT2D eigenvalue weighted by Crippen LogP contribution is 2.26. The van der Waals surface area contributed by atoms with Gasteiger partial charge >= 0.3 is 0 Å². The molecule has 0 bridgehead atoms. The Labute approximate surface area is 137 Å². The molecule has 0 spiro atoms. The summed E-state index contributed by atoms with van der Waals surface area (Å²) in [6.45, 7) is 1.05. The molecule has 0 atom stereocenters. The fourth-order valence-corrected chi connectivity index (χ4v) is 3.17. The summed E-state index contributed by atoms with van der Waals surface area (Å²) >= 11 is 0. The first kappa shape index (κ1) is 15.6. The number of aryl methyl sites for hydroxylation is 1. The third-order valence-corrected chi connectivity index (χ3v) is 4.39. The summed E-state index contributed by atoms with van der Waals surface area (Å²) in [5, 5.41) is 6.49. The lowest BCUT2D eigenvalue weighted by molar-refractivity contribution is -0.117. The van der Waals surface area contributed by atoms with E-state index >= 15 is 0 Å². The first-order valence-corrected chi connectivity index (χ1v) is 8.28. The first-order chi connectivity index (χ1) is 11.3. The third kappa shape index (κ3) is 3.73. The fraction of sp³-hybridized carbons (Fsp3) is 0.444. The number of nitrogens with one attached hydrogen (secondary N) is 2. The Balaban J connectivity index is 1.57. The fourth-order valence-electron chi connectivity index (χ4n) is 3.17. The number of aliphatic imine (C=N–C) groups is 1. The first-order valence-electron chi connectivity index (χ1n) is 8.28. The van der Waals surface area contributed by atoms with E-state index in [9.17, 15) is 4.79 Å². The van der Waals surface area contributed by atoms with Crippen molar-refractivity contribution in [1.29, 1.82) is 0 Å². The topological polar surface area (TPSA) is 56.7 Å². The number of fused-ring (bicyclic) bond motifs is 1. The van der Waals surface area contributed by atoms with E-state index < -0.39 is 0 Å². The molecule has 1 aromatic carbocycles. The van der Waals surface area contributed by atoms with E-state index in [-0.39, 0.29) is 12.5 Å². The number of amides is 1. The summed E-state index contributed by atoms with van der Waals surface area (Å²) < 4.78 is 0. The van der Waals surface area contributed by atoms with E-state index in [1.54, 1.807) is 7.05 Å². The smallest absolute Gasteiger partial charge is 0.246 e. The maximum Gasteiger partial charge on any atom is 0.246 e. The molecule has 0 radical (unpaired) electrons. The van der Waals surface area contributed by atoms with Crippen LogP contribution in [0.25, 0.3) is 0 Å². The zero-order valence-electron chi connectivity index (χ0n) is 13.6. The molecular formula is C18H24N4O. The van der Waals surface area contributed by atoms with Crippen LogP contribution in [0.2, 0.25) is 0 Å². The number of nitrogens with zero attached hydrogens (tertiary/aromatic N) is 2. The molecule has 122 valence electrons. The zero-order valence-corrected chi connectivity index (χ0v) is 13.6. The Bertz CT molecular complexity index is 615. The van der Waals surface area contributed by atoms with Gasteiger partial charge in [0, 0.05) is 25.3 Å². The van der Waals surface area contributed by atoms with E-state index in [0.29, 0.717) is 12.0 Å². The Morgan fingerprint density at radius 2 is 2.09 bits per heavy atom. The standard InChI is InChI=1S/C18H24N4O/c1-19-18(21-15-9-3-4-10-15)20-13-17(23)22-12-6-8-14-7-2-5-11-16(14)22/h2-5,7,11,15H,6,8-10,12-13H2,1H3,(H2,19,20,21). The third-order valence-electron chi connectivity index (χ3n) is 4.39. The molecule has 23 heavy (non-hydrogen) atoms. The number of anilines is 1. The molecule has 0 saturated heterocycles. The lowest BCUT2D eigenvalue weighted by Crippen LogP contribution is -2.48. The minimum absolute atomic E-state index is 0.0876. The van der Waals surface area contributed by atoms with Crippen LogP contribution in [0.5, 0.6) is 0 Å². The summed E-state index contributed by atoms with van der Waals surface area (Å²) in [5.41, 5.74) is 2.31. The molecule has 2 aliphatic rings. The van der Waals surface area contributed by atoms with Crippen LogP contribution in [0.15, 0.2) is 41.4 Å². The SMILES string of the molecule is CN=C(NCC(=O)N1CCCc2ccccc21)NC1CC=CC1. The van der Waals surface area contributed by atoms with Crippen molar-refractivity contribution in [2.24, 2.45) is 4.99 Å². The molecule has 5 heteroatoms. The number of carbonyl (C=O) groups excluding carboxylic acids is 1. The average molecular weight is 312 g/mol. The zero-order chi connectivity index (χ0) is 16.1. The van der Waals surface area contributed by atoms with Gasteiger partial charge in [0.05, 0.1) is 6.54 Å². The highest BCUT2D eigenvalue weighted by atomic mass is 16.2. The molecule has 1 heterocycles. The van der Waals surface area contributed by atoms with Crippen molar-refractivity contribution in [3.63, 3.8) is 0 Å². The van der Waals surface area contributed by atoms with Crippen molar-refractivity contribution in [3.8, 4) is 0 Å². The van der Waals surface area contributed by atoms with Crippen LogP contribution in [0, 0.1) is 0 Å². The molecule has 1 aliphatic heterocycles. The van der Waals surface area contributed by atoms with Crippen molar-refractivity contribution < 1.29 is 4.79 Å². The van der Waals surface area contributed by atoms with Gasteiger partial charge in [-0.15, -0.1) is 0 Å². The molecule has 1 amide bonds. The molecule has 0 fully saturated rings. The van der Waals surface area contributed by atoms with Gasteiger partial charge in [-0.05, 0) is 37.3 Å². The van der Waals surface area contributed by atoms with Gasteiger partial charge < -0.3 is 15.5 Å². The largest absolute Gasteiger partial charge is 0.353 e. The second-order valence-corrected chi connectivity index (χ2v) is 5.99. The highest BCUT2D eigenvalue weighted by Gasteiger charge is 2.22. The maximum atomic E-state index is 12.6. The van der Waals surface area contributed by atoms with Crippen LogP contribution in [0.1, 0.15) is 24.8 Å². The summed E-state index contributed by atoms with van der Waals surface area (Å²) in [6, 6.07) is 8.55. The minimum Gasteiger partial charge on any atom is -0.353 e. The van der Waals surface area contributed by atoms with E-state index in [1.165, 1.54) is 5.56 Å².